The molecule has 1 aliphatic carbocycles. The third-order valence-corrected chi connectivity index (χ3v) is 5.99. The standard InChI is InChI=1S/C21H22BrF3N2O4/c1-30-12-16(20(28)29)15-9-5-4-8-14(15)11-31-19-17(21(23,24)25)18(22)27(26-19)10-13-6-2-3-7-13/h4-5,8-9,12-13H,2-3,6-7,10-11H2,1H3,(H,28,29)/b16-12+. The van der Waals surface area contributed by atoms with E-state index in [2.05, 4.69) is 21.0 Å². The average molecular weight is 503 g/mol. The van der Waals surface area contributed by atoms with Crippen molar-refractivity contribution in [2.75, 3.05) is 7.11 Å². The number of aromatic nitrogens is 2. The van der Waals surface area contributed by atoms with Gasteiger partial charge in [0, 0.05) is 6.54 Å². The molecule has 1 aromatic carbocycles. The maximum Gasteiger partial charge on any atom is 0.424 e. The molecule has 0 saturated heterocycles. The van der Waals surface area contributed by atoms with Crippen molar-refractivity contribution in [3.8, 4) is 5.88 Å². The normalized spacial score (nSPS) is 15.3. The zero-order valence-electron chi connectivity index (χ0n) is 16.8. The van der Waals surface area contributed by atoms with E-state index in [1.165, 1.54) is 17.9 Å². The van der Waals surface area contributed by atoms with E-state index in [9.17, 15) is 23.1 Å². The number of benzene rings is 1. The van der Waals surface area contributed by atoms with Gasteiger partial charge in [-0.25, -0.2) is 4.79 Å². The molecule has 1 N–H and O–H groups in total. The molecular weight excluding hydrogens is 481 g/mol. The van der Waals surface area contributed by atoms with E-state index in [0.29, 0.717) is 12.1 Å². The highest BCUT2D eigenvalue weighted by Crippen LogP contribution is 2.42. The summed E-state index contributed by atoms with van der Waals surface area (Å²) in [5.41, 5.74) is -0.433. The molecule has 0 unspecified atom stereocenters. The molecule has 0 radical (unpaired) electrons. The average Bonchev–Trinajstić information content (AvgIpc) is 3.32. The van der Waals surface area contributed by atoms with Crippen LogP contribution >= 0.6 is 15.9 Å². The predicted octanol–water partition coefficient (Wildman–Crippen LogP) is 5.51. The second-order valence-corrected chi connectivity index (χ2v) is 8.07. The molecule has 0 bridgehead atoms. The molecule has 0 spiro atoms. The smallest absolute Gasteiger partial charge is 0.424 e. The molecule has 1 fully saturated rings. The summed E-state index contributed by atoms with van der Waals surface area (Å²) in [4.78, 5) is 11.6. The first-order chi connectivity index (χ1) is 14.7. The van der Waals surface area contributed by atoms with Gasteiger partial charge in [0.25, 0.3) is 0 Å². The summed E-state index contributed by atoms with van der Waals surface area (Å²) in [6, 6.07) is 6.39. The molecule has 0 amide bonds. The van der Waals surface area contributed by atoms with Crippen LogP contribution in [0.4, 0.5) is 13.2 Å². The van der Waals surface area contributed by atoms with Crippen LogP contribution in [0.1, 0.15) is 42.4 Å². The summed E-state index contributed by atoms with van der Waals surface area (Å²) in [6.07, 6.45) is 0.453. The van der Waals surface area contributed by atoms with Gasteiger partial charge in [-0.1, -0.05) is 37.1 Å². The highest BCUT2D eigenvalue weighted by Gasteiger charge is 2.41. The highest BCUT2D eigenvalue weighted by molar-refractivity contribution is 9.10. The first kappa shape index (κ1) is 23.2. The van der Waals surface area contributed by atoms with Crippen molar-refractivity contribution in [2.45, 2.75) is 45.0 Å². The number of hydrogen-bond acceptors (Lipinski definition) is 4. The van der Waals surface area contributed by atoms with Crippen molar-refractivity contribution in [2.24, 2.45) is 5.92 Å². The van der Waals surface area contributed by atoms with E-state index in [4.69, 9.17) is 9.47 Å². The van der Waals surface area contributed by atoms with Crippen LogP contribution in [0.15, 0.2) is 35.1 Å². The summed E-state index contributed by atoms with van der Waals surface area (Å²) in [5.74, 6) is -1.49. The SMILES string of the molecule is CO/C=C(/C(=O)O)c1ccccc1COc1nn(CC2CCCC2)c(Br)c1C(F)(F)F. The molecule has 6 nitrogen and oxygen atoms in total. The van der Waals surface area contributed by atoms with Crippen LogP contribution in [0.3, 0.4) is 0 Å². The molecule has 2 aromatic rings. The van der Waals surface area contributed by atoms with Crippen LogP contribution in [0.2, 0.25) is 0 Å². The minimum atomic E-state index is -4.66. The zero-order valence-corrected chi connectivity index (χ0v) is 18.4. The number of rotatable bonds is 8. The number of carboxylic acids is 1. The van der Waals surface area contributed by atoms with Gasteiger partial charge in [-0.3, -0.25) is 4.68 Å². The number of hydrogen-bond donors (Lipinski definition) is 1. The van der Waals surface area contributed by atoms with Gasteiger partial charge in [-0.15, -0.1) is 5.10 Å². The number of alkyl halides is 3. The Morgan fingerprint density at radius 3 is 2.61 bits per heavy atom. The lowest BCUT2D eigenvalue weighted by atomic mass is 10.0. The van der Waals surface area contributed by atoms with Crippen LogP contribution in [-0.4, -0.2) is 28.0 Å². The molecule has 1 heterocycles. The summed E-state index contributed by atoms with van der Waals surface area (Å²) >= 11 is 3.05. The Morgan fingerprint density at radius 1 is 1.32 bits per heavy atom. The second-order valence-electron chi connectivity index (χ2n) is 7.32. The van der Waals surface area contributed by atoms with Gasteiger partial charge >= 0.3 is 12.1 Å². The van der Waals surface area contributed by atoms with Crippen LogP contribution in [0.5, 0.6) is 5.88 Å². The monoisotopic (exact) mass is 502 g/mol. The molecule has 1 aliphatic rings. The van der Waals surface area contributed by atoms with Crippen LogP contribution in [0, 0.1) is 5.92 Å². The van der Waals surface area contributed by atoms with Crippen LogP contribution < -0.4 is 4.74 Å². The minimum Gasteiger partial charge on any atom is -0.503 e. The van der Waals surface area contributed by atoms with Crippen molar-refractivity contribution >= 4 is 27.5 Å². The van der Waals surface area contributed by atoms with Gasteiger partial charge in [-0.2, -0.15) is 13.2 Å². The Hall–Kier alpha value is -2.49. The Balaban J connectivity index is 1.90. The van der Waals surface area contributed by atoms with E-state index in [0.717, 1.165) is 31.9 Å². The Labute approximate surface area is 185 Å². The lowest BCUT2D eigenvalue weighted by molar-refractivity contribution is -0.139. The Bertz CT molecular complexity index is 966. The van der Waals surface area contributed by atoms with Crippen LogP contribution in [-0.2, 0) is 28.9 Å². The summed E-state index contributed by atoms with van der Waals surface area (Å²) in [6.45, 7) is 0.0871. The largest absolute Gasteiger partial charge is 0.503 e. The number of methoxy groups -OCH3 is 1. The lowest BCUT2D eigenvalue weighted by Crippen LogP contribution is -2.10. The summed E-state index contributed by atoms with van der Waals surface area (Å²) < 4.78 is 52.6. The number of ether oxygens (including phenoxy) is 2. The fraction of sp³-hybridized carbons (Fsp3) is 0.429. The quantitative estimate of drug-likeness (QED) is 0.380. The molecule has 0 aliphatic heterocycles. The van der Waals surface area contributed by atoms with Crippen molar-refractivity contribution in [3.05, 3.63) is 51.8 Å². The van der Waals surface area contributed by atoms with E-state index in [1.807, 2.05) is 0 Å². The van der Waals surface area contributed by atoms with Gasteiger partial charge in [-0.05, 0) is 45.8 Å². The lowest BCUT2D eigenvalue weighted by Gasteiger charge is -2.12. The third-order valence-electron chi connectivity index (χ3n) is 5.19. The fourth-order valence-corrected chi connectivity index (χ4v) is 4.34. The third kappa shape index (κ3) is 5.41. The van der Waals surface area contributed by atoms with E-state index >= 15 is 0 Å². The van der Waals surface area contributed by atoms with Crippen molar-refractivity contribution in [3.63, 3.8) is 0 Å². The summed E-state index contributed by atoms with van der Waals surface area (Å²) in [5, 5.41) is 13.5. The second kappa shape index (κ2) is 9.76. The number of carboxylic acid groups (broad SMARTS) is 1. The molecular formula is C21H22BrF3N2O4. The number of carbonyl (C=O) groups is 1. The minimum absolute atomic E-state index is 0.134. The molecule has 0 atom stereocenters. The van der Waals surface area contributed by atoms with Crippen molar-refractivity contribution in [1.29, 1.82) is 0 Å². The van der Waals surface area contributed by atoms with Gasteiger partial charge in [0.1, 0.15) is 16.8 Å². The van der Waals surface area contributed by atoms with Gasteiger partial charge in [0.15, 0.2) is 5.56 Å². The Kier molecular flexibility index (Phi) is 7.30. The summed E-state index contributed by atoms with van der Waals surface area (Å²) in [7, 11) is 1.31. The predicted molar refractivity (Wildman–Crippen MR) is 110 cm³/mol. The molecule has 1 aromatic heterocycles. The zero-order chi connectivity index (χ0) is 22.6. The number of halogens is 4. The van der Waals surface area contributed by atoms with Crippen molar-refractivity contribution < 1.29 is 32.5 Å². The van der Waals surface area contributed by atoms with E-state index in [1.54, 1.807) is 18.2 Å². The first-order valence-corrected chi connectivity index (χ1v) is 10.5. The van der Waals surface area contributed by atoms with E-state index in [-0.39, 0.29) is 28.3 Å². The maximum atomic E-state index is 13.7. The molecule has 31 heavy (non-hydrogen) atoms. The van der Waals surface area contributed by atoms with Gasteiger partial charge in [0.05, 0.1) is 13.4 Å². The highest BCUT2D eigenvalue weighted by atomic mass is 79.9. The molecule has 1 saturated carbocycles. The topological polar surface area (TPSA) is 73.6 Å². The fourth-order valence-electron chi connectivity index (χ4n) is 3.72. The Morgan fingerprint density at radius 2 is 2.00 bits per heavy atom. The van der Waals surface area contributed by atoms with Gasteiger partial charge < -0.3 is 14.6 Å². The molecule has 3 rings (SSSR count). The number of nitrogens with zero attached hydrogens (tertiary/aromatic N) is 2. The number of aliphatic carboxylic acids is 1. The molecule has 168 valence electrons. The first-order valence-electron chi connectivity index (χ1n) is 9.73. The maximum absolute atomic E-state index is 13.7. The van der Waals surface area contributed by atoms with Gasteiger partial charge in [0.2, 0.25) is 5.88 Å². The van der Waals surface area contributed by atoms with E-state index < -0.39 is 23.6 Å². The van der Waals surface area contributed by atoms with Crippen LogP contribution in [0.25, 0.3) is 5.57 Å². The van der Waals surface area contributed by atoms with Crippen molar-refractivity contribution in [1.82, 2.24) is 9.78 Å². The molecule has 10 heteroatoms.